The molecule has 0 aliphatic carbocycles. The molecule has 0 rings (SSSR count). The second kappa shape index (κ2) is 6.48. The van der Waals surface area contributed by atoms with Crippen LogP contribution in [-0.2, 0) is 9.47 Å². The molecule has 0 aliphatic rings. The van der Waals surface area contributed by atoms with Crippen molar-refractivity contribution >= 4 is 25.3 Å². The smallest absolute Gasteiger partial charge is 0.185 e. The predicted octanol–water partition coefficient (Wildman–Crippen LogP) is 1.22. The minimum atomic E-state index is -1.14. The van der Waals surface area contributed by atoms with Gasteiger partial charge in [-0.15, -0.1) is 0 Å². The summed E-state index contributed by atoms with van der Waals surface area (Å²) >= 11 is 4.86. The number of hydrogen-bond acceptors (Lipinski definition) is 4. The topological polar surface area (TPSA) is 38.7 Å². The standard InChI is InChI=1S/C8H18O3SSi/c1-13(2,3)7-10-6-8(12)11-5-4-9/h9H,4-7H2,1-3H3. The van der Waals surface area contributed by atoms with Gasteiger partial charge in [0.05, 0.1) is 14.7 Å². The van der Waals surface area contributed by atoms with Crippen molar-refractivity contribution < 1.29 is 14.6 Å². The summed E-state index contributed by atoms with van der Waals surface area (Å²) in [4.78, 5) is 0. The summed E-state index contributed by atoms with van der Waals surface area (Å²) in [5.41, 5.74) is 0. The average molecular weight is 222 g/mol. The lowest BCUT2D eigenvalue weighted by Gasteiger charge is -2.15. The van der Waals surface area contributed by atoms with Gasteiger partial charge in [-0.2, -0.15) is 0 Å². The molecule has 0 bridgehead atoms. The fraction of sp³-hybridized carbons (Fsp3) is 0.875. The highest BCUT2D eigenvalue weighted by molar-refractivity contribution is 7.80. The molecule has 0 spiro atoms. The zero-order valence-electron chi connectivity index (χ0n) is 8.50. The molecule has 0 radical (unpaired) electrons. The van der Waals surface area contributed by atoms with Gasteiger partial charge in [-0.25, -0.2) is 0 Å². The Morgan fingerprint density at radius 2 is 2.00 bits per heavy atom. The van der Waals surface area contributed by atoms with E-state index in [0.717, 1.165) is 6.23 Å². The van der Waals surface area contributed by atoms with Crippen LogP contribution in [0.1, 0.15) is 0 Å². The predicted molar refractivity (Wildman–Crippen MR) is 59.8 cm³/mol. The van der Waals surface area contributed by atoms with Crippen LogP contribution >= 0.6 is 12.2 Å². The van der Waals surface area contributed by atoms with E-state index in [2.05, 4.69) is 19.6 Å². The van der Waals surface area contributed by atoms with Crippen LogP contribution in [0.3, 0.4) is 0 Å². The average Bonchev–Trinajstić information content (AvgIpc) is 1.98. The number of thiocarbonyl (C=S) groups is 1. The Labute approximate surface area is 86.1 Å². The molecule has 0 saturated carbocycles. The molecule has 3 nitrogen and oxygen atoms in total. The highest BCUT2D eigenvalue weighted by Gasteiger charge is 2.13. The Bertz CT molecular complexity index is 156. The van der Waals surface area contributed by atoms with E-state index in [1.807, 2.05) is 0 Å². The van der Waals surface area contributed by atoms with Gasteiger partial charge >= 0.3 is 0 Å². The van der Waals surface area contributed by atoms with Crippen molar-refractivity contribution in [1.82, 2.24) is 0 Å². The van der Waals surface area contributed by atoms with E-state index in [1.54, 1.807) is 0 Å². The van der Waals surface area contributed by atoms with E-state index >= 15 is 0 Å². The third-order valence-electron chi connectivity index (χ3n) is 1.11. The molecule has 0 aromatic rings. The Kier molecular flexibility index (Phi) is 6.49. The fourth-order valence-electron chi connectivity index (χ4n) is 0.642. The zero-order chi connectivity index (χ0) is 10.3. The summed E-state index contributed by atoms with van der Waals surface area (Å²) in [6.45, 7) is 7.29. The Morgan fingerprint density at radius 1 is 1.38 bits per heavy atom. The van der Waals surface area contributed by atoms with E-state index in [0.29, 0.717) is 11.7 Å². The van der Waals surface area contributed by atoms with E-state index in [9.17, 15) is 0 Å². The molecule has 78 valence electrons. The fourth-order valence-corrected chi connectivity index (χ4v) is 1.52. The molecular formula is C8H18O3SSi. The second-order valence-electron chi connectivity index (χ2n) is 4.00. The van der Waals surface area contributed by atoms with Crippen LogP contribution in [0.4, 0.5) is 0 Å². The number of hydrogen-bond donors (Lipinski definition) is 1. The van der Waals surface area contributed by atoms with Gasteiger partial charge in [-0.05, 0) is 12.2 Å². The maximum Gasteiger partial charge on any atom is 0.185 e. The second-order valence-corrected chi connectivity index (χ2v) is 9.86. The normalized spacial score (nSPS) is 11.4. The summed E-state index contributed by atoms with van der Waals surface area (Å²) in [5, 5.41) is 8.87. The Hall–Kier alpha value is 0.0269. The van der Waals surface area contributed by atoms with E-state index in [4.69, 9.17) is 26.8 Å². The van der Waals surface area contributed by atoms with Gasteiger partial charge in [0.25, 0.3) is 0 Å². The van der Waals surface area contributed by atoms with Gasteiger partial charge in [-0.1, -0.05) is 19.6 Å². The molecule has 13 heavy (non-hydrogen) atoms. The van der Waals surface area contributed by atoms with Crippen molar-refractivity contribution in [3.63, 3.8) is 0 Å². The minimum Gasteiger partial charge on any atom is -0.482 e. The van der Waals surface area contributed by atoms with Gasteiger partial charge in [0, 0.05) is 6.23 Å². The van der Waals surface area contributed by atoms with Crippen molar-refractivity contribution in [2.45, 2.75) is 19.6 Å². The maximum absolute atomic E-state index is 8.45. The molecule has 0 amide bonds. The lowest BCUT2D eigenvalue weighted by molar-refractivity contribution is 0.162. The van der Waals surface area contributed by atoms with Gasteiger partial charge in [0.2, 0.25) is 0 Å². The van der Waals surface area contributed by atoms with E-state index in [1.165, 1.54) is 0 Å². The van der Waals surface area contributed by atoms with Crippen molar-refractivity contribution in [3.8, 4) is 0 Å². The number of aliphatic hydroxyl groups is 1. The summed E-state index contributed by atoms with van der Waals surface area (Å²) in [6.07, 6.45) is 0.787. The van der Waals surface area contributed by atoms with Gasteiger partial charge in [0.15, 0.2) is 5.05 Å². The van der Waals surface area contributed by atoms with Crippen LogP contribution in [0.25, 0.3) is 0 Å². The summed E-state index contributed by atoms with van der Waals surface area (Å²) in [5.74, 6) is 0. The molecule has 0 fully saturated rings. The van der Waals surface area contributed by atoms with Gasteiger partial charge < -0.3 is 14.6 Å². The molecule has 0 aromatic heterocycles. The highest BCUT2D eigenvalue weighted by atomic mass is 32.1. The van der Waals surface area contributed by atoms with Crippen LogP contribution in [0.5, 0.6) is 0 Å². The first-order chi connectivity index (χ1) is 5.95. The van der Waals surface area contributed by atoms with Gasteiger partial charge in [-0.3, -0.25) is 0 Å². The number of ether oxygens (including phenoxy) is 2. The minimum absolute atomic E-state index is 0.00579. The number of aliphatic hydroxyl groups excluding tert-OH is 1. The highest BCUT2D eigenvalue weighted by Crippen LogP contribution is 2.00. The molecule has 0 aromatic carbocycles. The first-order valence-electron chi connectivity index (χ1n) is 4.30. The zero-order valence-corrected chi connectivity index (χ0v) is 10.3. The Morgan fingerprint density at radius 3 is 2.46 bits per heavy atom. The van der Waals surface area contributed by atoms with Crippen molar-refractivity contribution in [1.29, 1.82) is 0 Å². The lowest BCUT2D eigenvalue weighted by Crippen LogP contribution is -2.29. The van der Waals surface area contributed by atoms with Crippen LogP contribution in [0.2, 0.25) is 19.6 Å². The summed E-state index contributed by atoms with van der Waals surface area (Å²) in [6, 6.07) is 0. The summed E-state index contributed by atoms with van der Waals surface area (Å²) < 4.78 is 10.3. The molecule has 0 atom stereocenters. The first kappa shape index (κ1) is 13.0. The molecule has 0 aliphatic heterocycles. The van der Waals surface area contributed by atoms with Crippen molar-refractivity contribution in [2.75, 3.05) is 26.1 Å². The monoisotopic (exact) mass is 222 g/mol. The van der Waals surface area contributed by atoms with Crippen molar-refractivity contribution in [3.05, 3.63) is 0 Å². The third kappa shape index (κ3) is 9.94. The number of rotatable bonds is 6. The Balaban J connectivity index is 3.37. The lowest BCUT2D eigenvalue weighted by atomic mass is 10.7. The molecule has 1 N–H and O–H groups in total. The largest absolute Gasteiger partial charge is 0.482 e. The van der Waals surface area contributed by atoms with E-state index in [-0.39, 0.29) is 13.2 Å². The molecule has 5 heteroatoms. The van der Waals surface area contributed by atoms with Gasteiger partial charge in [0.1, 0.15) is 13.2 Å². The van der Waals surface area contributed by atoms with Crippen LogP contribution in [-0.4, -0.2) is 44.3 Å². The SMILES string of the molecule is C[Si](C)(C)COCC(=S)OCCO. The van der Waals surface area contributed by atoms with Crippen LogP contribution in [0.15, 0.2) is 0 Å². The molecule has 0 unspecified atom stereocenters. The maximum atomic E-state index is 8.45. The van der Waals surface area contributed by atoms with Crippen LogP contribution in [0, 0.1) is 0 Å². The van der Waals surface area contributed by atoms with Crippen LogP contribution < -0.4 is 0 Å². The summed E-state index contributed by atoms with van der Waals surface area (Å²) in [7, 11) is -1.14. The third-order valence-corrected chi connectivity index (χ3v) is 2.42. The molecule has 0 saturated heterocycles. The van der Waals surface area contributed by atoms with E-state index < -0.39 is 8.07 Å². The molecule has 0 heterocycles. The quantitative estimate of drug-likeness (QED) is 0.542. The molecular weight excluding hydrogens is 204 g/mol. The van der Waals surface area contributed by atoms with Crippen molar-refractivity contribution in [2.24, 2.45) is 0 Å². The first-order valence-corrected chi connectivity index (χ1v) is 8.41.